The van der Waals surface area contributed by atoms with Gasteiger partial charge in [0.2, 0.25) is 11.8 Å². The molecule has 1 saturated heterocycles. The zero-order chi connectivity index (χ0) is 21.4. The van der Waals surface area contributed by atoms with Gasteiger partial charge in [-0.1, -0.05) is 12.1 Å². The Kier molecular flexibility index (Phi) is 5.57. The van der Waals surface area contributed by atoms with Crippen molar-refractivity contribution in [2.75, 3.05) is 26.8 Å². The summed E-state index contributed by atoms with van der Waals surface area (Å²) in [5.74, 6) is 3.77. The summed E-state index contributed by atoms with van der Waals surface area (Å²) in [5, 5.41) is 2.99. The Labute approximate surface area is 184 Å². The van der Waals surface area contributed by atoms with Gasteiger partial charge in [0.05, 0.1) is 19.1 Å². The molecule has 1 aromatic carbocycles. The van der Waals surface area contributed by atoms with Gasteiger partial charge in [0.25, 0.3) is 0 Å². The van der Waals surface area contributed by atoms with Gasteiger partial charge in [0.15, 0.2) is 11.5 Å². The highest BCUT2D eigenvalue weighted by Gasteiger charge is 2.56. The lowest BCUT2D eigenvalue weighted by atomic mass is 9.49. The van der Waals surface area contributed by atoms with Crippen LogP contribution in [0.25, 0.3) is 0 Å². The first kappa shape index (κ1) is 20.7. The molecule has 1 N–H and O–H groups in total. The van der Waals surface area contributed by atoms with Crippen molar-refractivity contribution < 1.29 is 19.1 Å². The summed E-state index contributed by atoms with van der Waals surface area (Å²) in [4.78, 5) is 28.6. The number of ether oxygens (including phenoxy) is 2. The second kappa shape index (κ2) is 8.36. The summed E-state index contributed by atoms with van der Waals surface area (Å²) >= 11 is 0. The lowest BCUT2D eigenvalue weighted by Gasteiger charge is -2.56. The molecular weight excluding hydrogens is 392 g/mol. The number of hydrogen-bond acceptors (Lipinski definition) is 4. The molecule has 1 aromatic rings. The number of nitrogens with one attached hydrogen (secondary N) is 1. The molecule has 5 fully saturated rings. The molecule has 31 heavy (non-hydrogen) atoms. The van der Waals surface area contributed by atoms with Crippen LogP contribution in [0.5, 0.6) is 11.5 Å². The first-order valence-electron chi connectivity index (χ1n) is 11.9. The Bertz CT molecular complexity index is 803. The van der Waals surface area contributed by atoms with Crippen molar-refractivity contribution >= 4 is 11.8 Å². The van der Waals surface area contributed by atoms with Gasteiger partial charge in [-0.3, -0.25) is 9.59 Å². The molecule has 1 unspecified atom stereocenters. The molecule has 6 heteroatoms. The summed E-state index contributed by atoms with van der Waals surface area (Å²) in [6.07, 6.45) is 8.79. The number of rotatable bonds is 7. The molecule has 1 aliphatic heterocycles. The molecule has 4 aliphatic carbocycles. The maximum Gasteiger partial charge on any atom is 0.242 e. The van der Waals surface area contributed by atoms with Crippen LogP contribution < -0.4 is 14.8 Å². The molecule has 168 valence electrons. The number of hydrogen-bond donors (Lipinski definition) is 1. The van der Waals surface area contributed by atoms with Gasteiger partial charge in [0, 0.05) is 6.54 Å². The average molecular weight is 427 g/mol. The van der Waals surface area contributed by atoms with Gasteiger partial charge < -0.3 is 19.7 Å². The van der Waals surface area contributed by atoms with E-state index in [1.807, 2.05) is 29.2 Å². The number of carbonyl (C=O) groups excluding carboxylic acids is 2. The van der Waals surface area contributed by atoms with Gasteiger partial charge in [-0.2, -0.15) is 0 Å². The van der Waals surface area contributed by atoms with Crippen LogP contribution in [0.4, 0.5) is 0 Å². The van der Waals surface area contributed by atoms with Crippen molar-refractivity contribution in [3.05, 3.63) is 24.3 Å². The third-order valence-electron chi connectivity index (χ3n) is 8.04. The molecule has 5 aliphatic rings. The molecule has 0 radical (unpaired) electrons. The molecular formula is C25H34N2O4. The van der Waals surface area contributed by atoms with E-state index in [2.05, 4.69) is 5.32 Å². The number of benzene rings is 1. The molecule has 0 aromatic heterocycles. The monoisotopic (exact) mass is 426 g/mol. The summed E-state index contributed by atoms with van der Waals surface area (Å²) < 4.78 is 11.0. The predicted octanol–water partition coefficient (Wildman–Crippen LogP) is 3.40. The molecule has 4 bridgehead atoms. The van der Waals surface area contributed by atoms with Crippen LogP contribution in [-0.2, 0) is 9.59 Å². The Morgan fingerprint density at radius 3 is 2.35 bits per heavy atom. The van der Waals surface area contributed by atoms with Crippen LogP contribution in [0.2, 0.25) is 0 Å². The van der Waals surface area contributed by atoms with E-state index in [0.717, 1.165) is 56.4 Å². The van der Waals surface area contributed by atoms with Crippen molar-refractivity contribution in [3.8, 4) is 11.5 Å². The fourth-order valence-electron chi connectivity index (χ4n) is 7.15. The van der Waals surface area contributed by atoms with Gasteiger partial charge in [-0.05, 0) is 81.3 Å². The highest BCUT2D eigenvalue weighted by atomic mass is 16.5. The van der Waals surface area contributed by atoms with E-state index in [1.54, 1.807) is 7.11 Å². The third-order valence-corrected chi connectivity index (χ3v) is 8.04. The normalized spacial score (nSPS) is 33.4. The van der Waals surface area contributed by atoms with Crippen LogP contribution >= 0.6 is 0 Å². The standard InChI is InChI=1S/C25H34N2O4/c1-30-21-6-2-3-7-22(21)31-10-8-26-23(28)20-5-4-9-27(20)24(29)25-14-17-11-18(15-25)13-19(12-17)16-25/h2-3,6-7,17-20H,4-5,8-16H2,1H3,(H,26,28). The number of para-hydroxylation sites is 2. The van der Waals surface area contributed by atoms with Gasteiger partial charge in [-0.25, -0.2) is 0 Å². The van der Waals surface area contributed by atoms with Crippen LogP contribution in [0.3, 0.4) is 0 Å². The van der Waals surface area contributed by atoms with E-state index in [0.29, 0.717) is 24.7 Å². The number of amides is 2. The maximum atomic E-state index is 13.7. The van der Waals surface area contributed by atoms with Crippen molar-refractivity contribution in [3.63, 3.8) is 0 Å². The van der Waals surface area contributed by atoms with Crippen molar-refractivity contribution in [1.82, 2.24) is 10.2 Å². The van der Waals surface area contributed by atoms with E-state index in [1.165, 1.54) is 19.3 Å². The van der Waals surface area contributed by atoms with Crippen molar-refractivity contribution in [2.45, 2.75) is 57.4 Å². The van der Waals surface area contributed by atoms with Crippen molar-refractivity contribution in [2.24, 2.45) is 23.2 Å². The third kappa shape index (κ3) is 3.90. The van der Waals surface area contributed by atoms with Crippen LogP contribution in [0, 0.1) is 23.2 Å². The van der Waals surface area contributed by atoms with E-state index in [4.69, 9.17) is 9.47 Å². The molecule has 0 spiro atoms. The Morgan fingerprint density at radius 1 is 1.06 bits per heavy atom. The topological polar surface area (TPSA) is 67.9 Å². The van der Waals surface area contributed by atoms with Gasteiger partial charge in [-0.15, -0.1) is 0 Å². The number of methoxy groups -OCH3 is 1. The molecule has 6 rings (SSSR count). The largest absolute Gasteiger partial charge is 0.493 e. The van der Waals surface area contributed by atoms with Gasteiger partial charge >= 0.3 is 0 Å². The SMILES string of the molecule is COc1ccccc1OCCNC(=O)C1CCCN1C(=O)C12CC3CC(CC(C3)C1)C2. The van der Waals surface area contributed by atoms with E-state index < -0.39 is 0 Å². The smallest absolute Gasteiger partial charge is 0.242 e. The summed E-state index contributed by atoms with van der Waals surface area (Å²) in [7, 11) is 1.61. The zero-order valence-electron chi connectivity index (χ0n) is 18.5. The lowest BCUT2D eigenvalue weighted by molar-refractivity contribution is -0.160. The van der Waals surface area contributed by atoms with Gasteiger partial charge in [0.1, 0.15) is 12.6 Å². The van der Waals surface area contributed by atoms with Crippen LogP contribution in [0.1, 0.15) is 51.4 Å². The van der Waals surface area contributed by atoms with E-state index in [-0.39, 0.29) is 23.3 Å². The zero-order valence-corrected chi connectivity index (χ0v) is 18.5. The minimum absolute atomic E-state index is 0.0424. The summed E-state index contributed by atoms with van der Waals surface area (Å²) in [6, 6.07) is 7.15. The van der Waals surface area contributed by atoms with Crippen LogP contribution in [-0.4, -0.2) is 49.6 Å². The fraction of sp³-hybridized carbons (Fsp3) is 0.680. The van der Waals surface area contributed by atoms with Crippen molar-refractivity contribution in [1.29, 1.82) is 0 Å². The van der Waals surface area contributed by atoms with E-state index in [9.17, 15) is 9.59 Å². The summed E-state index contributed by atoms with van der Waals surface area (Å²) in [5.41, 5.74) is -0.176. The molecule has 2 amide bonds. The van der Waals surface area contributed by atoms with E-state index >= 15 is 0 Å². The lowest BCUT2D eigenvalue weighted by Crippen LogP contribution is -2.57. The maximum absolute atomic E-state index is 13.7. The Hall–Kier alpha value is -2.24. The quantitative estimate of drug-likeness (QED) is 0.679. The minimum Gasteiger partial charge on any atom is -0.493 e. The number of likely N-dealkylation sites (tertiary alicyclic amines) is 1. The molecule has 4 saturated carbocycles. The highest BCUT2D eigenvalue weighted by Crippen LogP contribution is 2.60. The molecule has 6 nitrogen and oxygen atoms in total. The predicted molar refractivity (Wildman–Crippen MR) is 117 cm³/mol. The molecule has 1 heterocycles. The molecule has 1 atom stereocenters. The second-order valence-corrected chi connectivity index (χ2v) is 10.1. The second-order valence-electron chi connectivity index (χ2n) is 10.1. The van der Waals surface area contributed by atoms with Crippen LogP contribution in [0.15, 0.2) is 24.3 Å². The summed E-state index contributed by atoms with van der Waals surface area (Å²) in [6.45, 7) is 1.49. The first-order valence-corrected chi connectivity index (χ1v) is 11.9. The minimum atomic E-state index is -0.327. The first-order chi connectivity index (χ1) is 15.1. The highest BCUT2D eigenvalue weighted by molar-refractivity contribution is 5.91. The number of nitrogens with zero attached hydrogens (tertiary/aromatic N) is 1. The fourth-order valence-corrected chi connectivity index (χ4v) is 7.15. The number of carbonyl (C=O) groups is 2. The Morgan fingerprint density at radius 2 is 1.71 bits per heavy atom. The average Bonchev–Trinajstić information content (AvgIpc) is 3.25. The Balaban J connectivity index is 1.17.